The highest BCUT2D eigenvalue weighted by Crippen LogP contribution is 2.39. The van der Waals surface area contributed by atoms with Crippen molar-refractivity contribution < 1.29 is 58.2 Å². The number of unbranched alkanes of at least 4 members (excludes halogenated alkanes) is 2. The molecule has 3 fully saturated rings. The number of nitrogens with zero attached hydrogens (tertiary/aromatic N) is 1. The largest absolute Gasteiger partial charge is 0.456 e. The van der Waals surface area contributed by atoms with Gasteiger partial charge in [0, 0.05) is 52.0 Å². The number of amides is 1. The van der Waals surface area contributed by atoms with Crippen molar-refractivity contribution in [3.05, 3.63) is 23.3 Å². The summed E-state index contributed by atoms with van der Waals surface area (Å²) >= 11 is 0. The van der Waals surface area contributed by atoms with E-state index >= 15 is 0 Å². The maximum absolute atomic E-state index is 14.4. The number of cyclic esters (lactones) is 1. The number of methoxy groups -OCH3 is 3. The molecule has 14 atom stereocenters. The maximum atomic E-state index is 14.4. The van der Waals surface area contributed by atoms with Crippen LogP contribution in [0.2, 0.25) is 0 Å². The Morgan fingerprint density at radius 1 is 0.898 bits per heavy atom. The van der Waals surface area contributed by atoms with E-state index in [1.165, 1.54) is 12.0 Å². The van der Waals surface area contributed by atoms with Crippen molar-refractivity contribution in [2.45, 2.75) is 186 Å². The fourth-order valence-corrected chi connectivity index (χ4v) is 9.90. The molecule has 4 rings (SSSR count). The smallest absolute Gasteiger partial charge is 0.329 e. The first-order chi connectivity index (χ1) is 28.0. The van der Waals surface area contributed by atoms with Gasteiger partial charge in [0.1, 0.15) is 24.0 Å². The third-order valence-electron chi connectivity index (χ3n) is 13.6. The van der Waals surface area contributed by atoms with Gasteiger partial charge in [-0.15, -0.1) is 0 Å². The Hall–Kier alpha value is -2.52. The van der Waals surface area contributed by atoms with Crippen LogP contribution in [0.1, 0.15) is 131 Å². The monoisotopic (exact) mass is 834 g/mol. The number of esters is 1. The molecular weight excluding hydrogens is 759 g/mol. The maximum Gasteiger partial charge on any atom is 0.329 e. The first kappa shape index (κ1) is 49.1. The number of hydrogen-bond donors (Lipinski definition) is 3. The van der Waals surface area contributed by atoms with Crippen LogP contribution in [0.5, 0.6) is 0 Å². The van der Waals surface area contributed by atoms with Gasteiger partial charge in [0.05, 0.1) is 30.5 Å². The van der Waals surface area contributed by atoms with E-state index in [4.69, 9.17) is 23.7 Å². The molecule has 3 N–H and O–H groups in total. The van der Waals surface area contributed by atoms with E-state index in [2.05, 4.69) is 13.8 Å². The molecule has 59 heavy (non-hydrogen) atoms. The van der Waals surface area contributed by atoms with E-state index in [0.717, 1.165) is 24.8 Å². The second-order valence-electron chi connectivity index (χ2n) is 18.2. The molecule has 336 valence electrons. The molecule has 0 unspecified atom stereocenters. The van der Waals surface area contributed by atoms with Crippen LogP contribution in [-0.4, -0.2) is 126 Å². The minimum absolute atomic E-state index is 0.000499. The number of carbonyl (C=O) groups is 4. The van der Waals surface area contributed by atoms with Crippen molar-refractivity contribution in [2.24, 2.45) is 29.6 Å². The predicted octanol–water partition coefficient (Wildman–Crippen LogP) is 5.64. The van der Waals surface area contributed by atoms with Gasteiger partial charge in [-0.3, -0.25) is 14.4 Å². The number of hydrogen-bond acceptors (Lipinski definition) is 12. The normalized spacial score (nSPS) is 40.1. The topological polar surface area (TPSA) is 178 Å². The second kappa shape index (κ2) is 22.5. The molecular formula is C46H75NO12. The molecule has 1 aliphatic carbocycles. The molecule has 0 aromatic rings. The second-order valence-corrected chi connectivity index (χ2v) is 18.2. The van der Waals surface area contributed by atoms with Crippen molar-refractivity contribution in [3.8, 4) is 0 Å². The Morgan fingerprint density at radius 3 is 2.24 bits per heavy atom. The third kappa shape index (κ3) is 12.3. The summed E-state index contributed by atoms with van der Waals surface area (Å²) in [5.41, 5.74) is 1.69. The highest BCUT2D eigenvalue weighted by molar-refractivity contribution is 6.39. The van der Waals surface area contributed by atoms with Gasteiger partial charge in [0.2, 0.25) is 5.79 Å². The number of ketones is 2. The fourth-order valence-electron chi connectivity index (χ4n) is 9.90. The highest BCUT2D eigenvalue weighted by atomic mass is 16.7. The Morgan fingerprint density at radius 2 is 1.58 bits per heavy atom. The summed E-state index contributed by atoms with van der Waals surface area (Å²) in [7, 11) is 4.65. The minimum Gasteiger partial charge on any atom is -0.456 e. The summed E-state index contributed by atoms with van der Waals surface area (Å²) in [4.78, 5) is 58.3. The first-order valence-electron chi connectivity index (χ1n) is 22.3. The molecule has 2 bridgehead atoms. The van der Waals surface area contributed by atoms with Crippen molar-refractivity contribution in [1.29, 1.82) is 0 Å². The standard InChI is InChI=1S/C46H75NO12/c1-10-11-12-15-33-21-27(2)20-28(3)22-39(56-8)42-40(57-9)24-30(5)46(54,59-42)43(51)44(52)47-19-14-13-16-34(47)45(53)58-41(31(6)36(49)26-37(33)50)29(4)23-32-17-18-35(48)38(25-32)55-7/h21,23,28,30-36,38-42,48-49,54H,10-20,22,24-26H2,1-9H3/b27-21+,29-23+/t28-,30+,31+,32-,33+,34-,35+,36-,38+,39-,40-,41+,42+,46+/m0/s1. The summed E-state index contributed by atoms with van der Waals surface area (Å²) in [6.45, 7) is 11.5. The molecule has 2 saturated heterocycles. The quantitative estimate of drug-likeness (QED) is 0.113. The average Bonchev–Trinajstić information content (AvgIpc) is 3.21. The van der Waals surface area contributed by atoms with E-state index in [-0.39, 0.29) is 49.5 Å². The van der Waals surface area contributed by atoms with Crippen molar-refractivity contribution in [3.63, 3.8) is 0 Å². The number of rotatable bonds is 9. The number of allylic oxidation sites excluding steroid dienone is 3. The zero-order valence-corrected chi connectivity index (χ0v) is 37.2. The average molecular weight is 834 g/mol. The lowest BCUT2D eigenvalue weighted by atomic mass is 9.81. The van der Waals surface area contributed by atoms with E-state index in [9.17, 15) is 34.5 Å². The van der Waals surface area contributed by atoms with Gasteiger partial charge >= 0.3 is 5.97 Å². The van der Waals surface area contributed by atoms with Crippen LogP contribution in [0.3, 0.4) is 0 Å². The highest BCUT2D eigenvalue weighted by Gasteiger charge is 2.56. The van der Waals surface area contributed by atoms with Crippen LogP contribution in [-0.2, 0) is 42.9 Å². The van der Waals surface area contributed by atoms with Gasteiger partial charge in [-0.1, -0.05) is 64.7 Å². The minimum atomic E-state index is -2.50. The number of Topliss-reactive ketones (excluding diaryl/α,β-unsaturated/α-hetero) is 2. The molecule has 3 heterocycles. The summed E-state index contributed by atoms with van der Waals surface area (Å²) in [6.07, 6.45) is 6.76. The van der Waals surface area contributed by atoms with E-state index in [1.54, 1.807) is 28.1 Å². The predicted molar refractivity (Wildman–Crippen MR) is 222 cm³/mol. The summed E-state index contributed by atoms with van der Waals surface area (Å²) < 4.78 is 29.9. The zero-order chi connectivity index (χ0) is 43.6. The number of piperidine rings is 1. The molecule has 0 aromatic heterocycles. The van der Waals surface area contributed by atoms with E-state index in [1.807, 2.05) is 26.0 Å². The van der Waals surface area contributed by atoms with Gasteiger partial charge in [0.25, 0.3) is 11.7 Å². The van der Waals surface area contributed by atoms with Crippen molar-refractivity contribution >= 4 is 23.4 Å². The lowest BCUT2D eigenvalue weighted by Crippen LogP contribution is -2.64. The first-order valence-corrected chi connectivity index (χ1v) is 22.3. The van der Waals surface area contributed by atoms with Crippen LogP contribution in [0.15, 0.2) is 23.3 Å². The fraction of sp³-hybridized carbons (Fsp3) is 0.826. The number of aliphatic hydroxyl groups excluding tert-OH is 2. The Kier molecular flexibility index (Phi) is 18.8. The number of ether oxygens (including phenoxy) is 5. The van der Waals surface area contributed by atoms with Gasteiger partial charge < -0.3 is 43.9 Å². The number of aliphatic hydroxyl groups is 3. The molecule has 3 aliphatic heterocycles. The number of carbonyl (C=O) groups excluding carboxylic acids is 4. The summed E-state index contributed by atoms with van der Waals surface area (Å²) in [6, 6.07) is -1.13. The van der Waals surface area contributed by atoms with Crippen LogP contribution in [0.25, 0.3) is 0 Å². The summed E-state index contributed by atoms with van der Waals surface area (Å²) in [5.74, 6) is -7.43. The molecule has 0 aromatic carbocycles. The molecule has 1 amide bonds. The third-order valence-corrected chi connectivity index (χ3v) is 13.6. The SMILES string of the molecule is CCCCC[C@@H]1/C=C(\C)C[C@H](C)C[C@H](OC)[C@H]2O[C@@](O)(C(=O)C(=O)N3CCCC[C@H]3C(=O)O[C@H](/C(C)=C/[C@@H]3CC[C@@H](O)[C@H](OC)C3)[C@H](C)[C@@H](O)CC1=O)[C@H](C)C[C@@H]2OC. The van der Waals surface area contributed by atoms with Crippen LogP contribution < -0.4 is 0 Å². The molecule has 0 spiro atoms. The van der Waals surface area contributed by atoms with Crippen LogP contribution in [0.4, 0.5) is 0 Å². The Bertz CT molecular complexity index is 1480. The van der Waals surface area contributed by atoms with E-state index < -0.39 is 83.9 Å². The van der Waals surface area contributed by atoms with Crippen LogP contribution >= 0.6 is 0 Å². The molecule has 0 radical (unpaired) electrons. The van der Waals surface area contributed by atoms with E-state index in [0.29, 0.717) is 56.9 Å². The van der Waals surface area contributed by atoms with Gasteiger partial charge in [0.15, 0.2) is 0 Å². The zero-order valence-electron chi connectivity index (χ0n) is 37.2. The number of fused-ring (bicyclic) bond motifs is 3. The molecule has 13 heteroatoms. The van der Waals surface area contributed by atoms with Crippen molar-refractivity contribution in [1.82, 2.24) is 4.90 Å². The van der Waals surface area contributed by atoms with Crippen molar-refractivity contribution in [2.75, 3.05) is 27.9 Å². The van der Waals surface area contributed by atoms with Gasteiger partial charge in [-0.05, 0) is 95.5 Å². The van der Waals surface area contributed by atoms with Gasteiger partial charge in [-0.2, -0.15) is 0 Å². The summed E-state index contributed by atoms with van der Waals surface area (Å²) in [5, 5.41) is 34.4. The lowest BCUT2D eigenvalue weighted by molar-refractivity contribution is -0.302. The molecule has 13 nitrogen and oxygen atoms in total. The lowest BCUT2D eigenvalue weighted by Gasteiger charge is -2.47. The molecule has 1 saturated carbocycles. The van der Waals surface area contributed by atoms with Crippen LogP contribution in [0, 0.1) is 29.6 Å². The Balaban J connectivity index is 1.78. The van der Waals surface area contributed by atoms with Gasteiger partial charge in [-0.25, -0.2) is 4.79 Å². The molecule has 4 aliphatic rings. The Labute approximate surface area is 352 Å².